The summed E-state index contributed by atoms with van der Waals surface area (Å²) in [7, 11) is 1.59. The van der Waals surface area contributed by atoms with Crippen molar-refractivity contribution in [3.63, 3.8) is 0 Å². The number of carbonyl (C=O) groups excluding carboxylic acids is 1. The highest BCUT2D eigenvalue weighted by molar-refractivity contribution is 5.96. The van der Waals surface area contributed by atoms with Crippen molar-refractivity contribution in [1.29, 1.82) is 0 Å². The highest BCUT2D eigenvalue weighted by Crippen LogP contribution is 2.29. The van der Waals surface area contributed by atoms with Gasteiger partial charge in [0.2, 0.25) is 5.91 Å². The monoisotopic (exact) mass is 432 g/mol. The number of nitrogens with one attached hydrogen (secondary N) is 1. The largest absolute Gasteiger partial charge is 0.497 e. The fraction of sp³-hybridized carbons (Fsp3) is 0.250. The lowest BCUT2D eigenvalue weighted by Gasteiger charge is -2.18. The number of anilines is 1. The van der Waals surface area contributed by atoms with E-state index >= 15 is 0 Å². The smallest absolute Gasteiger partial charge is 0.297 e. The number of carbonyl (C=O) groups is 1. The van der Waals surface area contributed by atoms with Gasteiger partial charge in [0.15, 0.2) is 5.52 Å². The zero-order valence-corrected chi connectivity index (χ0v) is 18.4. The van der Waals surface area contributed by atoms with Crippen molar-refractivity contribution in [1.82, 2.24) is 14.9 Å². The summed E-state index contributed by atoms with van der Waals surface area (Å²) in [6.45, 7) is 5.48. The van der Waals surface area contributed by atoms with E-state index < -0.39 is 11.6 Å². The molecule has 0 radical (unpaired) electrons. The molecule has 0 aliphatic carbocycles. The molecule has 0 aliphatic rings. The van der Waals surface area contributed by atoms with Crippen LogP contribution in [-0.4, -0.2) is 28.0 Å². The molecule has 0 fully saturated rings. The number of ether oxygens (including phenoxy) is 1. The molecule has 8 nitrogen and oxygen atoms in total. The maximum absolute atomic E-state index is 13.2. The Morgan fingerprint density at radius 3 is 2.53 bits per heavy atom. The van der Waals surface area contributed by atoms with Gasteiger partial charge >= 0.3 is 0 Å². The third-order valence-electron chi connectivity index (χ3n) is 5.47. The fourth-order valence-electron chi connectivity index (χ4n) is 3.67. The molecule has 0 aliphatic heterocycles. The lowest BCUT2D eigenvalue weighted by molar-refractivity contribution is -0.119. The first-order valence-corrected chi connectivity index (χ1v) is 10.3. The van der Waals surface area contributed by atoms with Gasteiger partial charge in [-0.05, 0) is 56.2 Å². The number of fused-ring (bicyclic) bond motifs is 1. The van der Waals surface area contributed by atoms with E-state index in [9.17, 15) is 9.59 Å². The molecule has 1 amide bonds. The minimum atomic E-state index is -0.819. The van der Waals surface area contributed by atoms with Crippen LogP contribution in [0.25, 0.3) is 22.2 Å². The topological polar surface area (TPSA) is 99.2 Å². The van der Waals surface area contributed by atoms with Crippen molar-refractivity contribution in [3.8, 4) is 17.0 Å². The highest BCUT2D eigenvalue weighted by atomic mass is 16.5. The van der Waals surface area contributed by atoms with Crippen LogP contribution in [0, 0.1) is 13.8 Å². The molecule has 0 saturated carbocycles. The third-order valence-corrected chi connectivity index (χ3v) is 5.47. The number of aryl methyl sites for hydroxylation is 2. The van der Waals surface area contributed by atoms with Crippen molar-refractivity contribution >= 4 is 22.5 Å². The van der Waals surface area contributed by atoms with Crippen LogP contribution in [0.3, 0.4) is 0 Å². The molecule has 0 spiro atoms. The average molecular weight is 432 g/mol. The second-order valence-electron chi connectivity index (χ2n) is 7.52. The van der Waals surface area contributed by atoms with E-state index in [0.717, 1.165) is 11.1 Å². The quantitative estimate of drug-likeness (QED) is 0.489. The Bertz CT molecular complexity index is 1340. The first kappa shape index (κ1) is 21.3. The van der Waals surface area contributed by atoms with Gasteiger partial charge < -0.3 is 14.6 Å². The molecular weight excluding hydrogens is 408 g/mol. The molecule has 8 heteroatoms. The summed E-state index contributed by atoms with van der Waals surface area (Å²) in [5, 5.41) is 12.0. The summed E-state index contributed by atoms with van der Waals surface area (Å²) >= 11 is 0. The van der Waals surface area contributed by atoms with Gasteiger partial charge in [-0.15, -0.1) is 0 Å². The van der Waals surface area contributed by atoms with Crippen LogP contribution in [0.15, 0.2) is 57.8 Å². The second-order valence-corrected chi connectivity index (χ2v) is 7.52. The number of benzene rings is 2. The third kappa shape index (κ3) is 3.75. The van der Waals surface area contributed by atoms with Gasteiger partial charge in [-0.3, -0.25) is 9.59 Å². The van der Waals surface area contributed by atoms with Crippen LogP contribution in [-0.2, 0) is 4.79 Å². The highest BCUT2D eigenvalue weighted by Gasteiger charge is 2.26. The van der Waals surface area contributed by atoms with E-state index in [1.807, 2.05) is 62.4 Å². The van der Waals surface area contributed by atoms with Crippen LogP contribution < -0.4 is 15.6 Å². The predicted octanol–water partition coefficient (Wildman–Crippen LogP) is 4.27. The molecule has 2 aromatic carbocycles. The first-order valence-electron chi connectivity index (χ1n) is 10.3. The number of aromatic nitrogens is 3. The predicted molar refractivity (Wildman–Crippen MR) is 122 cm³/mol. The van der Waals surface area contributed by atoms with Crippen molar-refractivity contribution in [2.45, 2.75) is 33.2 Å². The number of rotatable bonds is 6. The molecule has 1 atom stereocenters. The van der Waals surface area contributed by atoms with Gasteiger partial charge in [-0.25, -0.2) is 4.68 Å². The molecule has 1 unspecified atom stereocenters. The molecule has 0 saturated heterocycles. The number of amides is 1. The van der Waals surface area contributed by atoms with Gasteiger partial charge in [-0.1, -0.05) is 30.3 Å². The van der Waals surface area contributed by atoms with Crippen LogP contribution in [0.1, 0.15) is 30.7 Å². The molecule has 2 aromatic heterocycles. The minimum Gasteiger partial charge on any atom is -0.497 e. The number of nitrogens with zero attached hydrogens (tertiary/aromatic N) is 3. The van der Waals surface area contributed by atoms with Crippen molar-refractivity contribution < 1.29 is 14.1 Å². The van der Waals surface area contributed by atoms with Gasteiger partial charge in [-0.2, -0.15) is 5.10 Å². The van der Waals surface area contributed by atoms with E-state index in [-0.39, 0.29) is 11.4 Å². The summed E-state index contributed by atoms with van der Waals surface area (Å²) in [5.41, 5.74) is 2.56. The SMILES string of the molecule is CCC(C(=O)Nc1ccccc1C)n1nc(-c2ccc(OC)cc2)c2c(C)onc2c1=O. The molecule has 0 bridgehead atoms. The maximum atomic E-state index is 13.2. The Hall–Kier alpha value is -3.94. The van der Waals surface area contributed by atoms with Gasteiger partial charge in [0.25, 0.3) is 5.56 Å². The van der Waals surface area contributed by atoms with E-state index in [4.69, 9.17) is 9.26 Å². The molecule has 2 heterocycles. The van der Waals surface area contributed by atoms with Crippen molar-refractivity contribution in [2.24, 2.45) is 0 Å². The Morgan fingerprint density at radius 1 is 1.16 bits per heavy atom. The normalized spacial score (nSPS) is 12.0. The Morgan fingerprint density at radius 2 is 1.88 bits per heavy atom. The summed E-state index contributed by atoms with van der Waals surface area (Å²) in [6, 6.07) is 14.0. The summed E-state index contributed by atoms with van der Waals surface area (Å²) in [6.07, 6.45) is 0.370. The molecular formula is C24H24N4O4. The number of hydrogen-bond acceptors (Lipinski definition) is 6. The fourth-order valence-corrected chi connectivity index (χ4v) is 3.67. The van der Waals surface area contributed by atoms with E-state index in [0.29, 0.717) is 34.7 Å². The maximum Gasteiger partial charge on any atom is 0.297 e. The van der Waals surface area contributed by atoms with Gasteiger partial charge in [0, 0.05) is 11.3 Å². The Labute approximate surface area is 184 Å². The second kappa shape index (κ2) is 8.66. The van der Waals surface area contributed by atoms with Crippen LogP contribution in [0.5, 0.6) is 5.75 Å². The minimum absolute atomic E-state index is 0.144. The molecule has 164 valence electrons. The van der Waals surface area contributed by atoms with Crippen LogP contribution in [0.4, 0.5) is 5.69 Å². The molecule has 4 aromatic rings. The zero-order chi connectivity index (χ0) is 22.8. The standard InChI is InChI=1S/C24H24N4O4/c1-5-19(23(29)25-18-9-7-6-8-14(18)2)28-24(30)22-20(15(3)32-27-22)21(26-28)16-10-12-17(31-4)13-11-16/h6-13,19H,5H2,1-4H3,(H,25,29). The number of para-hydroxylation sites is 1. The van der Waals surface area contributed by atoms with Crippen LogP contribution >= 0.6 is 0 Å². The molecule has 32 heavy (non-hydrogen) atoms. The Balaban J connectivity index is 1.84. The number of hydrogen-bond donors (Lipinski definition) is 1. The molecule has 1 N–H and O–H groups in total. The first-order chi connectivity index (χ1) is 15.4. The van der Waals surface area contributed by atoms with Crippen molar-refractivity contribution in [2.75, 3.05) is 12.4 Å². The summed E-state index contributed by atoms with van der Waals surface area (Å²) in [5.74, 6) is 0.862. The summed E-state index contributed by atoms with van der Waals surface area (Å²) < 4.78 is 11.8. The van der Waals surface area contributed by atoms with E-state index in [2.05, 4.69) is 15.6 Å². The Kier molecular flexibility index (Phi) is 5.77. The lowest BCUT2D eigenvalue weighted by Crippen LogP contribution is -2.35. The summed E-state index contributed by atoms with van der Waals surface area (Å²) in [4.78, 5) is 26.4. The zero-order valence-electron chi connectivity index (χ0n) is 18.4. The lowest BCUT2D eigenvalue weighted by atomic mass is 10.1. The van der Waals surface area contributed by atoms with Crippen LogP contribution in [0.2, 0.25) is 0 Å². The van der Waals surface area contributed by atoms with Gasteiger partial charge in [0.05, 0.1) is 12.5 Å². The van der Waals surface area contributed by atoms with E-state index in [1.54, 1.807) is 14.0 Å². The average Bonchev–Trinajstić information content (AvgIpc) is 3.19. The van der Waals surface area contributed by atoms with Crippen molar-refractivity contribution in [3.05, 3.63) is 70.2 Å². The van der Waals surface area contributed by atoms with Gasteiger partial charge in [0.1, 0.15) is 23.2 Å². The molecule has 4 rings (SSSR count). The van der Waals surface area contributed by atoms with E-state index in [1.165, 1.54) is 4.68 Å². The number of methoxy groups -OCH3 is 1.